The van der Waals surface area contributed by atoms with E-state index in [1.54, 1.807) is 35.6 Å². The van der Waals surface area contributed by atoms with Gasteiger partial charge in [0.05, 0.1) is 31.7 Å². The molecular weight excluding hydrogens is 420 g/mol. The molecule has 1 N–H and O–H groups in total. The zero-order valence-electron chi connectivity index (χ0n) is 16.1. The van der Waals surface area contributed by atoms with E-state index in [9.17, 15) is 25.0 Å². The molecule has 154 valence electrons. The Morgan fingerprint density at radius 2 is 1.58 bits per heavy atom. The monoisotopic (exact) mass is 434 g/mol. The largest absolute Gasteiger partial charge is 0.322 e. The Morgan fingerprint density at radius 1 is 0.935 bits per heavy atom. The molecule has 0 spiro atoms. The number of thiazole rings is 1. The molecule has 0 unspecified atom stereocenters. The summed E-state index contributed by atoms with van der Waals surface area (Å²) in [6.07, 6.45) is 0. The highest BCUT2D eigenvalue weighted by atomic mass is 32.1. The molecule has 0 radical (unpaired) electrons. The van der Waals surface area contributed by atoms with Crippen LogP contribution in [0.15, 0.2) is 60.7 Å². The average Bonchev–Trinajstić information content (AvgIpc) is 3.17. The number of aromatic nitrogens is 1. The van der Waals surface area contributed by atoms with E-state index in [-0.39, 0.29) is 5.56 Å². The van der Waals surface area contributed by atoms with Crippen LogP contribution in [-0.2, 0) is 0 Å². The van der Waals surface area contributed by atoms with E-state index in [1.807, 2.05) is 19.1 Å². The Balaban J connectivity index is 1.56. The Bertz CT molecular complexity index is 1320. The fraction of sp³-hybridized carbons (Fsp3) is 0.0476. The summed E-state index contributed by atoms with van der Waals surface area (Å²) in [4.78, 5) is 37.6. The van der Waals surface area contributed by atoms with Gasteiger partial charge in [0.2, 0.25) is 0 Å². The number of benzene rings is 3. The summed E-state index contributed by atoms with van der Waals surface area (Å²) in [7, 11) is 0. The average molecular weight is 434 g/mol. The first-order valence-corrected chi connectivity index (χ1v) is 9.85. The number of nitro benzene ring substituents is 2. The van der Waals surface area contributed by atoms with Gasteiger partial charge in [0.1, 0.15) is 5.01 Å². The van der Waals surface area contributed by atoms with Gasteiger partial charge in [0, 0.05) is 23.4 Å². The predicted molar refractivity (Wildman–Crippen MR) is 117 cm³/mol. The second-order valence-corrected chi connectivity index (χ2v) is 7.80. The van der Waals surface area contributed by atoms with Crippen molar-refractivity contribution < 1.29 is 14.6 Å². The number of carbonyl (C=O) groups excluding carboxylic acids is 1. The molecule has 31 heavy (non-hydrogen) atoms. The summed E-state index contributed by atoms with van der Waals surface area (Å²) in [6, 6.07) is 15.8. The van der Waals surface area contributed by atoms with E-state index in [0.717, 1.165) is 44.6 Å². The van der Waals surface area contributed by atoms with Gasteiger partial charge in [-0.3, -0.25) is 25.0 Å². The first-order valence-electron chi connectivity index (χ1n) is 9.03. The lowest BCUT2D eigenvalue weighted by molar-refractivity contribution is -0.394. The highest BCUT2D eigenvalue weighted by Gasteiger charge is 2.20. The van der Waals surface area contributed by atoms with Gasteiger partial charge < -0.3 is 5.32 Å². The molecule has 10 heteroatoms. The van der Waals surface area contributed by atoms with Gasteiger partial charge in [-0.05, 0) is 48.9 Å². The molecule has 9 nitrogen and oxygen atoms in total. The molecule has 1 amide bonds. The number of non-ortho nitro benzene ring substituents is 2. The van der Waals surface area contributed by atoms with Crippen molar-refractivity contribution >= 4 is 44.5 Å². The third-order valence-electron chi connectivity index (χ3n) is 4.52. The minimum absolute atomic E-state index is 0.175. The zero-order chi connectivity index (χ0) is 22.1. The molecule has 0 atom stereocenters. The first kappa shape index (κ1) is 20.1. The Labute approximate surface area is 179 Å². The number of nitro groups is 2. The standard InChI is InChI=1S/C21H14N4O5S/c1-12-2-7-18-19(8-12)31-21(23-18)13-3-5-15(6-4-13)22-20(26)14-9-16(24(27)28)11-17(10-14)25(29)30/h2-11H,1H3,(H,22,26). The summed E-state index contributed by atoms with van der Waals surface area (Å²) >= 11 is 1.56. The lowest BCUT2D eigenvalue weighted by Crippen LogP contribution is -2.12. The van der Waals surface area contributed by atoms with Crippen molar-refractivity contribution in [1.29, 1.82) is 0 Å². The van der Waals surface area contributed by atoms with Crippen LogP contribution in [0.3, 0.4) is 0 Å². The van der Waals surface area contributed by atoms with Crippen molar-refractivity contribution in [1.82, 2.24) is 4.98 Å². The van der Waals surface area contributed by atoms with Crippen molar-refractivity contribution in [3.05, 3.63) is 92.0 Å². The molecule has 4 rings (SSSR count). The van der Waals surface area contributed by atoms with Crippen molar-refractivity contribution in [2.45, 2.75) is 6.92 Å². The molecule has 0 saturated heterocycles. The number of rotatable bonds is 5. The summed E-state index contributed by atoms with van der Waals surface area (Å²) in [5, 5.41) is 25.5. The number of anilines is 1. The van der Waals surface area contributed by atoms with Gasteiger partial charge in [-0.1, -0.05) is 6.07 Å². The zero-order valence-corrected chi connectivity index (χ0v) is 16.9. The molecule has 0 aliphatic carbocycles. The molecular formula is C21H14N4O5S. The lowest BCUT2D eigenvalue weighted by Gasteiger charge is -2.06. The lowest BCUT2D eigenvalue weighted by atomic mass is 10.1. The minimum atomic E-state index is -0.780. The smallest absolute Gasteiger partial charge is 0.277 e. The topological polar surface area (TPSA) is 128 Å². The van der Waals surface area contributed by atoms with Gasteiger partial charge in [0.25, 0.3) is 17.3 Å². The van der Waals surface area contributed by atoms with E-state index in [2.05, 4.69) is 16.4 Å². The van der Waals surface area contributed by atoms with Gasteiger partial charge in [-0.2, -0.15) is 0 Å². The number of hydrogen-bond donors (Lipinski definition) is 1. The second kappa shape index (κ2) is 7.92. The van der Waals surface area contributed by atoms with Crippen LogP contribution in [0.25, 0.3) is 20.8 Å². The molecule has 4 aromatic rings. The van der Waals surface area contributed by atoms with Crippen LogP contribution in [-0.4, -0.2) is 20.7 Å². The van der Waals surface area contributed by atoms with Crippen molar-refractivity contribution in [2.24, 2.45) is 0 Å². The third-order valence-corrected chi connectivity index (χ3v) is 5.59. The maximum absolute atomic E-state index is 12.5. The number of nitrogens with zero attached hydrogens (tertiary/aromatic N) is 3. The normalized spacial score (nSPS) is 10.7. The van der Waals surface area contributed by atoms with E-state index < -0.39 is 27.1 Å². The fourth-order valence-electron chi connectivity index (χ4n) is 2.99. The quantitative estimate of drug-likeness (QED) is 0.333. The van der Waals surface area contributed by atoms with Crippen LogP contribution in [0.2, 0.25) is 0 Å². The van der Waals surface area contributed by atoms with E-state index in [1.165, 1.54) is 0 Å². The molecule has 1 heterocycles. The summed E-state index contributed by atoms with van der Waals surface area (Å²) in [5.41, 5.74) is 2.16. The third kappa shape index (κ3) is 4.23. The summed E-state index contributed by atoms with van der Waals surface area (Å²) in [5.74, 6) is -0.685. The predicted octanol–water partition coefficient (Wildman–Crippen LogP) is 5.34. The Kier molecular flexibility index (Phi) is 5.14. The van der Waals surface area contributed by atoms with Crippen LogP contribution in [0, 0.1) is 27.2 Å². The number of hydrogen-bond acceptors (Lipinski definition) is 7. The number of aryl methyl sites for hydroxylation is 1. The SMILES string of the molecule is Cc1ccc2nc(-c3ccc(NC(=O)c4cc([N+](=O)[O-])cc([N+](=O)[O-])c4)cc3)sc2c1. The van der Waals surface area contributed by atoms with Crippen LogP contribution in [0.5, 0.6) is 0 Å². The van der Waals surface area contributed by atoms with E-state index >= 15 is 0 Å². The van der Waals surface area contributed by atoms with Crippen LogP contribution in [0.4, 0.5) is 17.1 Å². The number of fused-ring (bicyclic) bond motifs is 1. The Hall–Kier alpha value is -4.18. The second-order valence-electron chi connectivity index (χ2n) is 6.77. The van der Waals surface area contributed by atoms with Crippen LogP contribution >= 0.6 is 11.3 Å². The van der Waals surface area contributed by atoms with Gasteiger partial charge in [-0.15, -0.1) is 11.3 Å². The highest BCUT2D eigenvalue weighted by molar-refractivity contribution is 7.21. The van der Waals surface area contributed by atoms with Crippen LogP contribution in [0.1, 0.15) is 15.9 Å². The molecule has 0 saturated carbocycles. The maximum Gasteiger partial charge on any atom is 0.277 e. The first-order chi connectivity index (χ1) is 14.8. The minimum Gasteiger partial charge on any atom is -0.322 e. The summed E-state index contributed by atoms with van der Waals surface area (Å²) in [6.45, 7) is 2.02. The van der Waals surface area contributed by atoms with Gasteiger partial charge >= 0.3 is 0 Å². The highest BCUT2D eigenvalue weighted by Crippen LogP contribution is 2.31. The van der Waals surface area contributed by atoms with Crippen LogP contribution < -0.4 is 5.32 Å². The number of carbonyl (C=O) groups is 1. The molecule has 3 aromatic carbocycles. The number of nitrogens with one attached hydrogen (secondary N) is 1. The van der Waals surface area contributed by atoms with Crippen molar-refractivity contribution in [3.63, 3.8) is 0 Å². The number of amides is 1. The molecule has 0 aliphatic rings. The van der Waals surface area contributed by atoms with E-state index in [0.29, 0.717) is 5.69 Å². The van der Waals surface area contributed by atoms with Gasteiger partial charge in [0.15, 0.2) is 0 Å². The van der Waals surface area contributed by atoms with Crippen molar-refractivity contribution in [3.8, 4) is 10.6 Å². The van der Waals surface area contributed by atoms with E-state index in [4.69, 9.17) is 0 Å². The molecule has 0 fully saturated rings. The maximum atomic E-state index is 12.5. The fourth-order valence-corrected chi connectivity index (χ4v) is 4.06. The van der Waals surface area contributed by atoms with Crippen molar-refractivity contribution in [2.75, 3.05) is 5.32 Å². The molecule has 1 aromatic heterocycles. The summed E-state index contributed by atoms with van der Waals surface area (Å²) < 4.78 is 1.08. The van der Waals surface area contributed by atoms with Gasteiger partial charge in [-0.25, -0.2) is 4.98 Å². The Morgan fingerprint density at radius 3 is 2.19 bits per heavy atom. The molecule has 0 bridgehead atoms. The molecule has 0 aliphatic heterocycles.